The van der Waals surface area contributed by atoms with Gasteiger partial charge in [0.25, 0.3) is 0 Å². The van der Waals surface area contributed by atoms with Gasteiger partial charge in [-0.25, -0.2) is 0 Å². The summed E-state index contributed by atoms with van der Waals surface area (Å²) in [7, 11) is 0. The van der Waals surface area contributed by atoms with Gasteiger partial charge < -0.3 is 0 Å². The first kappa shape index (κ1) is 75.5. The molecule has 0 aromatic heterocycles. The molecule has 120 heavy (non-hydrogen) atoms. The Labute approximate surface area is 703 Å². The van der Waals surface area contributed by atoms with E-state index < -0.39 is 0 Å². The second-order valence-corrected chi connectivity index (χ2v) is 35.3. The van der Waals surface area contributed by atoms with Crippen LogP contribution in [0.5, 0.6) is 0 Å². The van der Waals surface area contributed by atoms with Crippen LogP contribution in [-0.2, 0) is 0 Å². The predicted octanol–water partition coefficient (Wildman–Crippen LogP) is 34.8. The molecule has 0 aliphatic heterocycles. The molecule has 0 spiro atoms. The van der Waals surface area contributed by atoms with Gasteiger partial charge in [0, 0.05) is 0 Å². The van der Waals surface area contributed by atoms with Crippen LogP contribution in [-0.4, -0.2) is 0 Å². The summed E-state index contributed by atoms with van der Waals surface area (Å²) in [5, 5.41) is 52.7. The Morgan fingerprint density at radius 3 is 0.808 bits per heavy atom. The predicted molar refractivity (Wildman–Crippen MR) is 532 cm³/mol. The Bertz CT molecular complexity index is 8260. The fourth-order valence-corrected chi connectivity index (χ4v) is 20.9. The highest BCUT2D eigenvalue weighted by Crippen LogP contribution is 2.47. The van der Waals surface area contributed by atoms with Gasteiger partial charge in [0.1, 0.15) is 0 Å². The first-order valence-electron chi connectivity index (χ1n) is 42.9. The van der Waals surface area contributed by atoms with E-state index in [0.29, 0.717) is 0 Å². The molecule has 0 radical (unpaired) electrons. The third-order valence-electron chi connectivity index (χ3n) is 28.2. The number of aryl methyl sites for hydroxylation is 18. The van der Waals surface area contributed by atoms with Gasteiger partial charge in [-0.15, -0.1) is 0 Å². The SMILES string of the molecule is Cc1cc2c3ccc(C)c4cccc(c5cccc(c1C)c52)c43.Cc1cc2c3cccc4c(C)ccc(c5cccc(c1C)c52)c43.Cc1cc2ccc3c(C)ccc4ccc(c1C)c2c43.Cc1cc2ccc3cc(C)c(C)c4ccc(c1)c2c34.Cc1cc2ccc3ccc(C)c4ccc(c1C)c2c34.Cc1ccc2c(ccc3c(C)c(C)ccc32)c1. The zero-order chi connectivity index (χ0) is 82.9. The van der Waals surface area contributed by atoms with Crippen LogP contribution < -0.4 is 0 Å². The van der Waals surface area contributed by atoms with Gasteiger partial charge in [-0.05, 0) is 424 Å². The van der Waals surface area contributed by atoms with Gasteiger partial charge in [-0.2, -0.15) is 0 Å². The number of hydrogen-bond acceptors (Lipinski definition) is 0. The molecule has 25 rings (SSSR count). The second-order valence-electron chi connectivity index (χ2n) is 35.3. The molecule has 0 heterocycles. The van der Waals surface area contributed by atoms with Gasteiger partial charge in [-0.1, -0.05) is 285 Å². The Balaban J connectivity index is 0.0000000923. The van der Waals surface area contributed by atoms with E-state index in [1.54, 1.807) is 0 Å². The fourth-order valence-electron chi connectivity index (χ4n) is 20.9. The summed E-state index contributed by atoms with van der Waals surface area (Å²) in [6.45, 7) is 39.7. The van der Waals surface area contributed by atoms with Crippen molar-refractivity contribution in [2.75, 3.05) is 0 Å². The maximum absolute atomic E-state index is 2.38. The highest BCUT2D eigenvalue weighted by atomic mass is 14.2. The van der Waals surface area contributed by atoms with E-state index in [4.69, 9.17) is 0 Å². The van der Waals surface area contributed by atoms with Crippen LogP contribution in [0.2, 0.25) is 0 Å². The van der Waals surface area contributed by atoms with Crippen LogP contribution in [0, 0.1) is 125 Å². The monoisotopic (exact) mass is 1540 g/mol. The minimum absolute atomic E-state index is 1.32. The van der Waals surface area contributed by atoms with E-state index in [0.717, 1.165) is 0 Å². The Morgan fingerprint density at radius 1 is 0.108 bits per heavy atom. The molecule has 0 amide bonds. The molecule has 25 aromatic carbocycles. The summed E-state index contributed by atoms with van der Waals surface area (Å²) >= 11 is 0. The van der Waals surface area contributed by atoms with Crippen molar-refractivity contribution >= 4 is 205 Å². The minimum Gasteiger partial charge on any atom is -0.0610 e. The van der Waals surface area contributed by atoms with Crippen LogP contribution in [0.25, 0.3) is 205 Å². The maximum atomic E-state index is 2.38. The van der Waals surface area contributed by atoms with Crippen LogP contribution in [0.1, 0.15) is 100 Å². The standard InChI is InChI=1S/2C23H18.3C19H16.C17H16/c1-13-10-11-20-18-8-5-7-17-15(3)14(2)12-21(23(17)18)19-9-4-6-16(13)22(19)20;1-13-10-11-20-21-12-14(2)15(3)17-7-5-9-19(23(17)21)18-8-4-6-16(13)22(18)20;1-11-4-5-14-6-9-17-13(3)12(2)10-15-7-8-16(11)18(14)19(15)17;1-11-8-14-4-5-16-10-12(2)13(3)17-7-6-15(9-11)18(14)19(16)17;1-11-4-5-14-6-7-15-10-12(2)13(3)17-9-8-16(11)18(14)19(15)17;1-11-4-7-16-14(10-11)6-9-15-13(3)12(2)5-8-17(15)16/h2*4-12H,1-3H3;3*4-10H,1-3H3;4-10H,1-3H3. The molecule has 0 saturated carbocycles. The molecular weight excluding hydrogens is 1440 g/mol. The van der Waals surface area contributed by atoms with Crippen molar-refractivity contribution in [1.29, 1.82) is 0 Å². The van der Waals surface area contributed by atoms with Gasteiger partial charge in [-0.3, -0.25) is 0 Å². The average Bonchev–Trinajstić information content (AvgIpc) is 0.764. The number of benzene rings is 25. The van der Waals surface area contributed by atoms with Crippen molar-refractivity contribution in [3.05, 3.63) is 379 Å². The smallest absolute Gasteiger partial charge is 0.00235 e. The minimum atomic E-state index is 1.32. The van der Waals surface area contributed by atoms with Crippen LogP contribution in [0.15, 0.2) is 279 Å². The summed E-state index contributed by atoms with van der Waals surface area (Å²) in [4.78, 5) is 0. The highest BCUT2D eigenvalue weighted by Gasteiger charge is 2.21. The van der Waals surface area contributed by atoms with Crippen molar-refractivity contribution in [3.63, 3.8) is 0 Å². The maximum Gasteiger partial charge on any atom is -0.00235 e. The lowest BCUT2D eigenvalue weighted by Crippen LogP contribution is -1.91. The van der Waals surface area contributed by atoms with E-state index in [2.05, 4.69) is 404 Å². The number of rotatable bonds is 0. The highest BCUT2D eigenvalue weighted by molar-refractivity contribution is 6.36. The second kappa shape index (κ2) is 28.8. The summed E-state index contributed by atoms with van der Waals surface area (Å²) in [5.41, 5.74) is 24.7. The quantitative estimate of drug-likeness (QED) is 0.105. The molecule has 0 bridgehead atoms. The zero-order valence-electron chi connectivity index (χ0n) is 72.6. The van der Waals surface area contributed by atoms with E-state index in [1.165, 1.54) is 305 Å². The van der Waals surface area contributed by atoms with Crippen LogP contribution >= 0.6 is 0 Å². The van der Waals surface area contributed by atoms with Gasteiger partial charge in [0.2, 0.25) is 0 Å². The summed E-state index contributed by atoms with van der Waals surface area (Å²) < 4.78 is 0. The van der Waals surface area contributed by atoms with Crippen molar-refractivity contribution in [2.45, 2.75) is 125 Å². The van der Waals surface area contributed by atoms with Crippen molar-refractivity contribution < 1.29 is 0 Å². The van der Waals surface area contributed by atoms with E-state index in [-0.39, 0.29) is 0 Å². The Hall–Kier alpha value is -13.3. The lowest BCUT2D eigenvalue weighted by Gasteiger charge is -2.17. The van der Waals surface area contributed by atoms with Crippen molar-refractivity contribution in [3.8, 4) is 0 Å². The largest absolute Gasteiger partial charge is 0.0610 e. The third kappa shape index (κ3) is 11.9. The molecule has 0 N–H and O–H groups in total. The molecule has 0 atom stereocenters. The lowest BCUT2D eigenvalue weighted by atomic mass is 9.86. The Morgan fingerprint density at radius 2 is 0.342 bits per heavy atom. The molecule has 0 unspecified atom stereocenters. The molecule has 0 heteroatoms. The van der Waals surface area contributed by atoms with Crippen molar-refractivity contribution in [1.82, 2.24) is 0 Å². The molecule has 0 saturated heterocycles. The molecular formula is C120H100. The summed E-state index contributed by atoms with van der Waals surface area (Å²) in [6.07, 6.45) is 0. The third-order valence-corrected chi connectivity index (χ3v) is 28.2. The van der Waals surface area contributed by atoms with Crippen LogP contribution in [0.4, 0.5) is 0 Å². The molecule has 580 valence electrons. The molecule has 25 aromatic rings. The molecule has 0 fully saturated rings. The zero-order valence-corrected chi connectivity index (χ0v) is 72.6. The van der Waals surface area contributed by atoms with E-state index in [1.807, 2.05) is 0 Å². The average molecular weight is 1540 g/mol. The first-order valence-corrected chi connectivity index (χ1v) is 42.9. The Kier molecular flexibility index (Phi) is 18.1. The molecule has 0 aliphatic rings. The van der Waals surface area contributed by atoms with E-state index >= 15 is 0 Å². The topological polar surface area (TPSA) is 0 Å². The number of fused-ring (bicyclic) bond motifs is 7. The number of hydrogen-bond donors (Lipinski definition) is 0. The van der Waals surface area contributed by atoms with Gasteiger partial charge in [0.05, 0.1) is 0 Å². The normalized spacial score (nSPS) is 11.9. The van der Waals surface area contributed by atoms with Crippen LogP contribution in [0.3, 0.4) is 0 Å². The van der Waals surface area contributed by atoms with Gasteiger partial charge >= 0.3 is 0 Å². The molecule has 0 aliphatic carbocycles. The summed E-state index contributed by atoms with van der Waals surface area (Å²) in [6, 6.07) is 104. The first-order chi connectivity index (χ1) is 58.0. The van der Waals surface area contributed by atoms with Crippen molar-refractivity contribution in [2.24, 2.45) is 0 Å². The summed E-state index contributed by atoms with van der Waals surface area (Å²) in [5.74, 6) is 0. The van der Waals surface area contributed by atoms with E-state index in [9.17, 15) is 0 Å². The van der Waals surface area contributed by atoms with Gasteiger partial charge in [0.15, 0.2) is 0 Å². The fraction of sp³-hybridized carbons (Fsp3) is 0.150. The molecule has 0 nitrogen and oxygen atoms in total. The lowest BCUT2D eigenvalue weighted by molar-refractivity contribution is 1.38.